The number of nitrogens with zero attached hydrogens (tertiary/aromatic N) is 2. The fourth-order valence-electron chi connectivity index (χ4n) is 4.72. The van der Waals surface area contributed by atoms with Crippen molar-refractivity contribution in [3.63, 3.8) is 0 Å². The summed E-state index contributed by atoms with van der Waals surface area (Å²) in [7, 11) is 1.59. The van der Waals surface area contributed by atoms with E-state index in [1.807, 2.05) is 38.1 Å². The summed E-state index contributed by atoms with van der Waals surface area (Å²) in [6.45, 7) is 4.46. The summed E-state index contributed by atoms with van der Waals surface area (Å²) in [6, 6.07) is 15.4. The van der Waals surface area contributed by atoms with Crippen molar-refractivity contribution < 1.29 is 13.9 Å². The van der Waals surface area contributed by atoms with Crippen LogP contribution in [0, 0.1) is 19.7 Å². The van der Waals surface area contributed by atoms with E-state index in [0.29, 0.717) is 24.4 Å². The molecule has 4 aromatic rings. The number of ether oxygens (including phenoxy) is 1. The molecule has 1 unspecified atom stereocenters. The lowest BCUT2D eigenvalue weighted by Crippen LogP contribution is -2.43. The normalized spacial score (nSPS) is 15.4. The highest BCUT2D eigenvalue weighted by Crippen LogP contribution is 2.38. The largest absolute Gasteiger partial charge is 0.481 e. The van der Waals surface area contributed by atoms with Crippen molar-refractivity contribution in [3.8, 4) is 5.88 Å². The number of H-pyrrole nitrogens is 1. The number of amides is 2. The first-order valence-electron chi connectivity index (χ1n) is 10.9. The number of carbonyl (C=O) groups is 1. The van der Waals surface area contributed by atoms with Crippen LogP contribution in [-0.2, 0) is 6.42 Å². The third kappa shape index (κ3) is 3.91. The second-order valence-electron chi connectivity index (χ2n) is 8.47. The average Bonchev–Trinajstić information content (AvgIpc) is 3.15. The van der Waals surface area contributed by atoms with Gasteiger partial charge in [0.15, 0.2) is 0 Å². The summed E-state index contributed by atoms with van der Waals surface area (Å²) >= 11 is 0. The fourth-order valence-corrected chi connectivity index (χ4v) is 4.72. The molecule has 5 rings (SSSR count). The van der Waals surface area contributed by atoms with Crippen LogP contribution in [0.3, 0.4) is 0 Å². The average molecular weight is 445 g/mol. The van der Waals surface area contributed by atoms with Crippen molar-refractivity contribution in [2.24, 2.45) is 0 Å². The molecular weight excluding hydrogens is 419 g/mol. The maximum absolute atomic E-state index is 14.2. The van der Waals surface area contributed by atoms with Crippen molar-refractivity contribution in [2.75, 3.05) is 19.0 Å². The Kier molecular flexibility index (Phi) is 5.24. The minimum atomic E-state index is -0.476. The van der Waals surface area contributed by atoms with E-state index in [1.54, 1.807) is 24.1 Å². The van der Waals surface area contributed by atoms with Gasteiger partial charge in [0, 0.05) is 29.6 Å². The molecule has 0 saturated carbocycles. The second-order valence-corrected chi connectivity index (χ2v) is 8.47. The van der Waals surface area contributed by atoms with E-state index in [0.717, 1.165) is 39.1 Å². The van der Waals surface area contributed by atoms with Gasteiger partial charge in [-0.1, -0.05) is 18.2 Å². The zero-order chi connectivity index (χ0) is 23.1. The fraction of sp³-hybridized carbons (Fsp3) is 0.231. The number of aromatic amines is 1. The van der Waals surface area contributed by atoms with E-state index in [9.17, 15) is 9.18 Å². The highest BCUT2D eigenvalue weighted by molar-refractivity contribution is 5.91. The first-order chi connectivity index (χ1) is 15.9. The molecule has 0 aliphatic carbocycles. The molecule has 0 fully saturated rings. The lowest BCUT2D eigenvalue weighted by Gasteiger charge is -2.36. The number of methoxy groups -OCH3 is 1. The number of rotatable bonds is 3. The van der Waals surface area contributed by atoms with Crippen molar-refractivity contribution in [1.82, 2.24) is 14.9 Å². The molecule has 168 valence electrons. The maximum Gasteiger partial charge on any atom is 0.322 e. The number of anilines is 1. The van der Waals surface area contributed by atoms with Gasteiger partial charge >= 0.3 is 6.03 Å². The Hall–Kier alpha value is -3.87. The van der Waals surface area contributed by atoms with Gasteiger partial charge in [-0.25, -0.2) is 14.2 Å². The Morgan fingerprint density at radius 1 is 1.15 bits per heavy atom. The molecule has 0 spiro atoms. The highest BCUT2D eigenvalue weighted by Gasteiger charge is 2.35. The van der Waals surface area contributed by atoms with Gasteiger partial charge in [0.05, 0.1) is 24.2 Å². The minimum Gasteiger partial charge on any atom is -0.481 e. The zero-order valence-corrected chi connectivity index (χ0v) is 18.8. The number of pyridine rings is 1. The summed E-state index contributed by atoms with van der Waals surface area (Å²) in [5, 5.41) is 3.03. The van der Waals surface area contributed by atoms with Crippen molar-refractivity contribution in [3.05, 3.63) is 88.4 Å². The van der Waals surface area contributed by atoms with Crippen LogP contribution in [0.1, 0.15) is 34.0 Å². The topological polar surface area (TPSA) is 70.2 Å². The molecule has 2 aromatic heterocycles. The van der Waals surface area contributed by atoms with Gasteiger partial charge in [0.2, 0.25) is 5.88 Å². The van der Waals surface area contributed by atoms with Gasteiger partial charge in [0.1, 0.15) is 5.82 Å². The van der Waals surface area contributed by atoms with E-state index in [1.165, 1.54) is 12.1 Å². The van der Waals surface area contributed by atoms with Crippen LogP contribution in [-0.4, -0.2) is 34.6 Å². The molecular formula is C26H25FN4O2. The smallest absolute Gasteiger partial charge is 0.322 e. The number of aryl methyl sites for hydroxylation is 2. The summed E-state index contributed by atoms with van der Waals surface area (Å²) in [6.07, 6.45) is 0.627. The lowest BCUT2D eigenvalue weighted by molar-refractivity contribution is 0.193. The SMILES string of the molecule is COc1ccc2[nH]c3c(c2n1)CCN(C(=O)Nc1cc(C)cc(C)c1)C3c1cccc(F)c1. The number of nitrogens with one attached hydrogen (secondary N) is 2. The molecule has 2 N–H and O–H groups in total. The molecule has 6 nitrogen and oxygen atoms in total. The Morgan fingerprint density at radius 3 is 2.67 bits per heavy atom. The zero-order valence-electron chi connectivity index (χ0n) is 18.8. The molecule has 2 amide bonds. The molecule has 1 atom stereocenters. The van der Waals surface area contributed by atoms with E-state index < -0.39 is 6.04 Å². The van der Waals surface area contributed by atoms with Gasteiger partial charge in [-0.2, -0.15) is 0 Å². The van der Waals surface area contributed by atoms with Gasteiger partial charge in [-0.3, -0.25) is 0 Å². The first kappa shape index (κ1) is 21.0. The summed E-state index contributed by atoms with van der Waals surface area (Å²) in [5.74, 6) is 0.187. The molecule has 0 saturated heterocycles. The number of halogens is 1. The van der Waals surface area contributed by atoms with Crippen LogP contribution in [0.5, 0.6) is 5.88 Å². The van der Waals surface area contributed by atoms with Crippen LogP contribution in [0.15, 0.2) is 54.6 Å². The molecule has 33 heavy (non-hydrogen) atoms. The second kappa shape index (κ2) is 8.24. The number of carbonyl (C=O) groups excluding carboxylic acids is 1. The number of benzene rings is 2. The number of hydrogen-bond acceptors (Lipinski definition) is 3. The summed E-state index contributed by atoms with van der Waals surface area (Å²) < 4.78 is 19.5. The molecule has 1 aliphatic rings. The number of urea groups is 1. The van der Waals surface area contributed by atoms with E-state index in [4.69, 9.17) is 4.74 Å². The molecule has 1 aliphatic heterocycles. The monoisotopic (exact) mass is 444 g/mol. The van der Waals surface area contributed by atoms with E-state index >= 15 is 0 Å². The maximum atomic E-state index is 14.2. The number of aromatic nitrogens is 2. The van der Waals surface area contributed by atoms with Gasteiger partial charge in [0.25, 0.3) is 0 Å². The van der Waals surface area contributed by atoms with Crippen LogP contribution < -0.4 is 10.1 Å². The highest BCUT2D eigenvalue weighted by atomic mass is 19.1. The van der Waals surface area contributed by atoms with Gasteiger partial charge in [-0.15, -0.1) is 0 Å². The predicted molar refractivity (Wildman–Crippen MR) is 126 cm³/mol. The van der Waals surface area contributed by atoms with Crippen molar-refractivity contribution in [1.29, 1.82) is 0 Å². The standard InChI is InChI=1S/C26H25FN4O2/c1-15-11-16(2)13-19(12-15)28-26(32)31-10-9-20-23-21(7-8-22(30-23)33-3)29-24(20)25(31)17-5-4-6-18(27)14-17/h4-8,11-14,25,29H,9-10H2,1-3H3,(H,28,32). The lowest BCUT2D eigenvalue weighted by atomic mass is 9.93. The Labute approximate surface area is 191 Å². The molecule has 2 aromatic carbocycles. The number of hydrogen-bond donors (Lipinski definition) is 2. The van der Waals surface area contributed by atoms with E-state index in [2.05, 4.69) is 21.4 Å². The summed E-state index contributed by atoms with van der Waals surface area (Å²) in [5.41, 5.74) is 7.13. The van der Waals surface area contributed by atoms with Crippen LogP contribution >= 0.6 is 0 Å². The summed E-state index contributed by atoms with van der Waals surface area (Å²) in [4.78, 5) is 23.3. The predicted octanol–water partition coefficient (Wildman–Crippen LogP) is 5.51. The third-order valence-electron chi connectivity index (χ3n) is 6.05. The van der Waals surface area contributed by atoms with Gasteiger partial charge in [-0.05, 0) is 67.3 Å². The van der Waals surface area contributed by atoms with Crippen molar-refractivity contribution in [2.45, 2.75) is 26.3 Å². The Balaban J connectivity index is 1.59. The quantitative estimate of drug-likeness (QED) is 0.438. The van der Waals surface area contributed by atoms with Crippen LogP contribution in [0.25, 0.3) is 11.0 Å². The Morgan fingerprint density at radius 2 is 1.94 bits per heavy atom. The molecule has 0 radical (unpaired) electrons. The molecule has 3 heterocycles. The Bertz CT molecular complexity index is 1340. The molecule has 0 bridgehead atoms. The number of fused-ring (bicyclic) bond motifs is 3. The van der Waals surface area contributed by atoms with E-state index in [-0.39, 0.29) is 11.8 Å². The first-order valence-corrected chi connectivity index (χ1v) is 10.9. The van der Waals surface area contributed by atoms with Crippen molar-refractivity contribution >= 4 is 22.8 Å². The third-order valence-corrected chi connectivity index (χ3v) is 6.05. The minimum absolute atomic E-state index is 0.232. The van der Waals surface area contributed by atoms with Crippen LogP contribution in [0.2, 0.25) is 0 Å². The molecule has 7 heteroatoms. The van der Waals surface area contributed by atoms with Gasteiger partial charge < -0.3 is 19.9 Å². The van der Waals surface area contributed by atoms with Crippen LogP contribution in [0.4, 0.5) is 14.9 Å².